The quantitative estimate of drug-likeness (QED) is 0.655. The summed E-state index contributed by atoms with van der Waals surface area (Å²) in [4.78, 5) is 6.75. The third-order valence-corrected chi connectivity index (χ3v) is 2.81. The Morgan fingerprint density at radius 2 is 2.57 bits per heavy atom. The Labute approximate surface area is 82.9 Å². The zero-order chi connectivity index (χ0) is 9.38. The van der Waals surface area contributed by atoms with Gasteiger partial charge in [0.25, 0.3) is 0 Å². The van der Waals surface area contributed by atoms with Gasteiger partial charge in [0.1, 0.15) is 0 Å². The van der Waals surface area contributed by atoms with E-state index in [9.17, 15) is 0 Å². The van der Waals surface area contributed by atoms with E-state index in [1.54, 1.807) is 0 Å². The fourth-order valence-corrected chi connectivity index (χ4v) is 2.09. The molecule has 1 aromatic rings. The lowest BCUT2D eigenvalue weighted by molar-refractivity contribution is 0.0959. The van der Waals surface area contributed by atoms with Gasteiger partial charge in [-0.15, -0.1) is 0 Å². The molecule has 1 unspecified atom stereocenters. The van der Waals surface area contributed by atoms with Crippen molar-refractivity contribution in [1.82, 2.24) is 4.98 Å². The van der Waals surface area contributed by atoms with Crippen molar-refractivity contribution in [3.8, 4) is 0 Å². The van der Waals surface area contributed by atoms with Gasteiger partial charge in [0.05, 0.1) is 24.9 Å². The number of pyridine rings is 1. The van der Waals surface area contributed by atoms with Crippen LogP contribution in [0.15, 0.2) is 18.3 Å². The molecule has 2 aliphatic rings. The third-order valence-electron chi connectivity index (χ3n) is 2.81. The number of nitrogens with one attached hydrogen (secondary N) is 1. The van der Waals surface area contributed by atoms with E-state index in [2.05, 4.69) is 21.3 Å². The molecular formula is C10H13N3O. The van der Waals surface area contributed by atoms with E-state index in [1.807, 2.05) is 12.3 Å². The van der Waals surface area contributed by atoms with Crippen molar-refractivity contribution in [3.63, 3.8) is 0 Å². The second-order valence-electron chi connectivity index (χ2n) is 3.68. The highest BCUT2D eigenvalue weighted by atomic mass is 16.5. The van der Waals surface area contributed by atoms with Gasteiger partial charge in [-0.05, 0) is 12.1 Å². The Hall–Kier alpha value is -1.29. The number of hydrogen-bond donors (Lipinski definition) is 1. The summed E-state index contributed by atoms with van der Waals surface area (Å²) in [5.74, 6) is 1.08. The van der Waals surface area contributed by atoms with Crippen LogP contribution in [0.25, 0.3) is 0 Å². The summed E-state index contributed by atoms with van der Waals surface area (Å²) in [5.41, 5.74) is 1.14. The van der Waals surface area contributed by atoms with E-state index in [1.165, 1.54) is 0 Å². The van der Waals surface area contributed by atoms with Gasteiger partial charge in [-0.3, -0.25) is 0 Å². The van der Waals surface area contributed by atoms with Crippen molar-refractivity contribution >= 4 is 11.5 Å². The molecule has 1 aromatic heterocycles. The number of aromatic nitrogens is 1. The minimum absolute atomic E-state index is 0.450. The van der Waals surface area contributed by atoms with E-state index in [4.69, 9.17) is 4.74 Å². The molecule has 1 fully saturated rings. The number of fused-ring (bicyclic) bond motifs is 3. The van der Waals surface area contributed by atoms with E-state index in [0.29, 0.717) is 6.04 Å². The fraction of sp³-hybridized carbons (Fsp3) is 0.500. The second-order valence-corrected chi connectivity index (χ2v) is 3.68. The van der Waals surface area contributed by atoms with Gasteiger partial charge in [-0.25, -0.2) is 4.98 Å². The smallest absolute Gasteiger partial charge is 0.152 e. The van der Waals surface area contributed by atoms with Crippen molar-refractivity contribution in [2.45, 2.75) is 6.04 Å². The predicted molar refractivity (Wildman–Crippen MR) is 54.7 cm³/mol. The number of hydrogen-bond acceptors (Lipinski definition) is 4. The van der Waals surface area contributed by atoms with Crippen LogP contribution in [0.3, 0.4) is 0 Å². The molecule has 3 rings (SSSR count). The molecule has 4 nitrogen and oxygen atoms in total. The van der Waals surface area contributed by atoms with Crippen LogP contribution in [0.5, 0.6) is 0 Å². The summed E-state index contributed by atoms with van der Waals surface area (Å²) >= 11 is 0. The first kappa shape index (κ1) is 8.05. The zero-order valence-corrected chi connectivity index (χ0v) is 7.94. The fourth-order valence-electron chi connectivity index (χ4n) is 2.09. The van der Waals surface area contributed by atoms with Gasteiger partial charge in [-0.1, -0.05) is 0 Å². The molecule has 0 aliphatic carbocycles. The summed E-state index contributed by atoms with van der Waals surface area (Å²) in [6.45, 7) is 3.53. The van der Waals surface area contributed by atoms with Crippen LogP contribution in [0.2, 0.25) is 0 Å². The molecule has 74 valence electrons. The van der Waals surface area contributed by atoms with Crippen molar-refractivity contribution in [3.05, 3.63) is 18.3 Å². The maximum Gasteiger partial charge on any atom is 0.152 e. The van der Waals surface area contributed by atoms with E-state index in [0.717, 1.165) is 37.8 Å². The Morgan fingerprint density at radius 1 is 1.57 bits per heavy atom. The van der Waals surface area contributed by atoms with Crippen molar-refractivity contribution in [2.75, 3.05) is 36.5 Å². The van der Waals surface area contributed by atoms with E-state index >= 15 is 0 Å². The number of morpholine rings is 1. The summed E-state index contributed by atoms with van der Waals surface area (Å²) in [7, 11) is 0. The molecule has 0 amide bonds. The SMILES string of the molecule is c1cnc2c(c1)NCC1COCCN21. The highest BCUT2D eigenvalue weighted by Gasteiger charge is 2.29. The number of ether oxygens (including phenoxy) is 1. The lowest BCUT2D eigenvalue weighted by Gasteiger charge is -2.41. The van der Waals surface area contributed by atoms with Gasteiger partial charge in [-0.2, -0.15) is 0 Å². The van der Waals surface area contributed by atoms with Crippen molar-refractivity contribution in [2.24, 2.45) is 0 Å². The summed E-state index contributed by atoms with van der Waals surface area (Å²) in [5, 5.41) is 3.38. The van der Waals surface area contributed by atoms with Crippen molar-refractivity contribution < 1.29 is 4.74 Å². The van der Waals surface area contributed by atoms with Crippen LogP contribution in [-0.4, -0.2) is 37.3 Å². The second kappa shape index (κ2) is 3.13. The van der Waals surface area contributed by atoms with Crippen LogP contribution >= 0.6 is 0 Å². The largest absolute Gasteiger partial charge is 0.380 e. The van der Waals surface area contributed by atoms with Crippen LogP contribution in [0, 0.1) is 0 Å². The van der Waals surface area contributed by atoms with Gasteiger partial charge in [0, 0.05) is 19.3 Å². The molecule has 2 aliphatic heterocycles. The molecular weight excluding hydrogens is 178 g/mol. The zero-order valence-electron chi connectivity index (χ0n) is 7.94. The van der Waals surface area contributed by atoms with Crippen LogP contribution < -0.4 is 10.2 Å². The lowest BCUT2D eigenvalue weighted by Crippen LogP contribution is -2.52. The maximum atomic E-state index is 5.44. The monoisotopic (exact) mass is 191 g/mol. The third kappa shape index (κ3) is 1.14. The molecule has 0 radical (unpaired) electrons. The van der Waals surface area contributed by atoms with E-state index < -0.39 is 0 Å². The first-order valence-corrected chi connectivity index (χ1v) is 4.98. The summed E-state index contributed by atoms with van der Waals surface area (Å²) < 4.78 is 5.44. The maximum absolute atomic E-state index is 5.44. The first-order chi connectivity index (χ1) is 6.95. The molecule has 1 saturated heterocycles. The molecule has 0 bridgehead atoms. The molecule has 0 aromatic carbocycles. The van der Waals surface area contributed by atoms with E-state index in [-0.39, 0.29) is 0 Å². The Balaban J connectivity index is 1.99. The molecule has 4 heteroatoms. The Bertz CT molecular complexity index is 342. The molecule has 0 spiro atoms. The standard InChI is InChI=1S/C10H13N3O/c1-2-9-10(11-3-1)13-4-5-14-7-8(13)6-12-9/h1-3,8,12H,4-7H2. The molecule has 14 heavy (non-hydrogen) atoms. The molecule has 3 heterocycles. The molecule has 1 atom stereocenters. The van der Waals surface area contributed by atoms with Crippen molar-refractivity contribution in [1.29, 1.82) is 0 Å². The number of anilines is 2. The highest BCUT2D eigenvalue weighted by Crippen LogP contribution is 2.29. The molecule has 0 saturated carbocycles. The average molecular weight is 191 g/mol. The van der Waals surface area contributed by atoms with Gasteiger partial charge >= 0.3 is 0 Å². The van der Waals surface area contributed by atoms with Gasteiger partial charge < -0.3 is 15.0 Å². The van der Waals surface area contributed by atoms with Crippen LogP contribution in [-0.2, 0) is 4.74 Å². The van der Waals surface area contributed by atoms with Gasteiger partial charge in [0.2, 0.25) is 0 Å². The minimum Gasteiger partial charge on any atom is -0.380 e. The molecule has 1 N–H and O–H groups in total. The number of rotatable bonds is 0. The number of nitrogens with zero attached hydrogens (tertiary/aromatic N) is 2. The summed E-state index contributed by atoms with van der Waals surface area (Å²) in [6.07, 6.45) is 1.85. The van der Waals surface area contributed by atoms with Crippen LogP contribution in [0.1, 0.15) is 0 Å². The highest BCUT2D eigenvalue weighted by molar-refractivity contribution is 5.68. The average Bonchev–Trinajstić information content (AvgIpc) is 2.29. The van der Waals surface area contributed by atoms with Crippen LogP contribution in [0.4, 0.5) is 11.5 Å². The Morgan fingerprint density at radius 3 is 3.57 bits per heavy atom. The Kier molecular flexibility index (Phi) is 1.80. The first-order valence-electron chi connectivity index (χ1n) is 4.98. The van der Waals surface area contributed by atoms with Gasteiger partial charge in [0.15, 0.2) is 5.82 Å². The topological polar surface area (TPSA) is 37.4 Å². The normalized spacial score (nSPS) is 24.9. The lowest BCUT2D eigenvalue weighted by atomic mass is 10.1. The predicted octanol–water partition coefficient (Wildman–Crippen LogP) is 0.712. The minimum atomic E-state index is 0.450. The summed E-state index contributed by atoms with van der Waals surface area (Å²) in [6, 6.07) is 4.49.